The first kappa shape index (κ1) is 15.0. The highest BCUT2D eigenvalue weighted by Gasteiger charge is 2.27. The van der Waals surface area contributed by atoms with Gasteiger partial charge in [0.15, 0.2) is 11.6 Å². The van der Waals surface area contributed by atoms with Crippen LogP contribution in [0.15, 0.2) is 47.4 Å². The van der Waals surface area contributed by atoms with Gasteiger partial charge in [-0.2, -0.15) is 8.42 Å². The maximum Gasteiger partial charge on any atom is 0.297 e. The lowest BCUT2D eigenvalue weighted by Gasteiger charge is -2.11. The largest absolute Gasteiger partial charge is 0.484 e. The Kier molecular flexibility index (Phi) is 3.88. The predicted octanol–water partition coefficient (Wildman–Crippen LogP) is 2.84. The molecule has 2 aromatic carbocycles. The second-order valence-corrected chi connectivity index (χ2v) is 6.84. The van der Waals surface area contributed by atoms with Gasteiger partial charge in [0.25, 0.3) is 10.1 Å². The number of halogens is 1. The van der Waals surface area contributed by atoms with Gasteiger partial charge in [0.05, 0.1) is 4.90 Å². The summed E-state index contributed by atoms with van der Waals surface area (Å²) < 4.78 is 48.2. The molecule has 0 N–H and O–H groups in total. The molecule has 0 radical (unpaired) electrons. The van der Waals surface area contributed by atoms with Crippen LogP contribution < -0.4 is 4.74 Å². The van der Waals surface area contributed by atoms with Crippen molar-refractivity contribution >= 4 is 10.1 Å². The first-order valence-electron chi connectivity index (χ1n) is 6.86. The normalized spacial score (nSPS) is 17.1. The van der Waals surface area contributed by atoms with Crippen LogP contribution in [0.1, 0.15) is 11.1 Å². The molecule has 1 aliphatic rings. The minimum atomic E-state index is -3.84. The SMILES string of the molecule is Cc1ccc(S(=O)(=O)OCC2Cc3cccc(F)c3O2)cc1. The van der Waals surface area contributed by atoms with Crippen molar-refractivity contribution < 1.29 is 21.7 Å². The second kappa shape index (κ2) is 5.70. The van der Waals surface area contributed by atoms with Crippen LogP contribution in [0.5, 0.6) is 5.75 Å². The smallest absolute Gasteiger partial charge is 0.297 e. The molecule has 0 spiro atoms. The first-order valence-corrected chi connectivity index (χ1v) is 8.27. The summed E-state index contributed by atoms with van der Waals surface area (Å²) in [7, 11) is -3.84. The molecule has 1 aliphatic heterocycles. The molecule has 1 heterocycles. The second-order valence-electron chi connectivity index (χ2n) is 5.22. The summed E-state index contributed by atoms with van der Waals surface area (Å²) in [5.41, 5.74) is 1.69. The van der Waals surface area contributed by atoms with Gasteiger partial charge in [-0.1, -0.05) is 29.8 Å². The number of hydrogen-bond acceptors (Lipinski definition) is 4. The van der Waals surface area contributed by atoms with Gasteiger partial charge in [-0.15, -0.1) is 0 Å². The van der Waals surface area contributed by atoms with E-state index >= 15 is 0 Å². The van der Waals surface area contributed by atoms with Crippen LogP contribution in [0.25, 0.3) is 0 Å². The summed E-state index contributed by atoms with van der Waals surface area (Å²) in [4.78, 5) is 0.0970. The number of hydrogen-bond donors (Lipinski definition) is 0. The maximum absolute atomic E-state index is 13.6. The zero-order valence-corrected chi connectivity index (χ0v) is 12.8. The van der Waals surface area contributed by atoms with Crippen molar-refractivity contribution in [3.05, 3.63) is 59.4 Å². The Hall–Kier alpha value is -1.92. The van der Waals surface area contributed by atoms with Gasteiger partial charge in [-0.3, -0.25) is 4.18 Å². The molecule has 2 aromatic rings. The number of ether oxygens (including phenoxy) is 1. The molecule has 6 heteroatoms. The molecule has 116 valence electrons. The van der Waals surface area contributed by atoms with E-state index in [4.69, 9.17) is 8.92 Å². The number of rotatable bonds is 4. The van der Waals surface area contributed by atoms with Crippen LogP contribution in [0.4, 0.5) is 4.39 Å². The fourth-order valence-electron chi connectivity index (χ4n) is 2.33. The summed E-state index contributed by atoms with van der Waals surface area (Å²) in [5.74, 6) is -0.259. The van der Waals surface area contributed by atoms with E-state index in [1.165, 1.54) is 18.2 Å². The molecular formula is C16H15FO4S. The molecule has 0 bridgehead atoms. The number of fused-ring (bicyclic) bond motifs is 1. The Labute approximate surface area is 128 Å². The molecule has 22 heavy (non-hydrogen) atoms. The van der Waals surface area contributed by atoms with Gasteiger partial charge in [-0.05, 0) is 25.1 Å². The molecule has 0 saturated carbocycles. The van der Waals surface area contributed by atoms with Crippen molar-refractivity contribution in [1.29, 1.82) is 0 Å². The lowest BCUT2D eigenvalue weighted by atomic mass is 10.1. The average molecular weight is 322 g/mol. The molecule has 0 aliphatic carbocycles. The van der Waals surface area contributed by atoms with Crippen LogP contribution >= 0.6 is 0 Å². The van der Waals surface area contributed by atoms with Crippen molar-refractivity contribution in [2.24, 2.45) is 0 Å². The molecule has 1 unspecified atom stereocenters. The van der Waals surface area contributed by atoms with Crippen molar-refractivity contribution in [3.8, 4) is 5.75 Å². The predicted molar refractivity (Wildman–Crippen MR) is 78.8 cm³/mol. The monoisotopic (exact) mass is 322 g/mol. The van der Waals surface area contributed by atoms with Gasteiger partial charge >= 0.3 is 0 Å². The lowest BCUT2D eigenvalue weighted by molar-refractivity contribution is 0.148. The van der Waals surface area contributed by atoms with E-state index in [0.717, 1.165) is 11.1 Å². The highest BCUT2D eigenvalue weighted by atomic mass is 32.2. The quantitative estimate of drug-likeness (QED) is 0.812. The Morgan fingerprint density at radius 3 is 2.64 bits per heavy atom. The molecule has 3 rings (SSSR count). The highest BCUT2D eigenvalue weighted by Crippen LogP contribution is 2.31. The van der Waals surface area contributed by atoms with E-state index in [2.05, 4.69) is 0 Å². The molecule has 0 aromatic heterocycles. The van der Waals surface area contributed by atoms with E-state index < -0.39 is 22.0 Å². The van der Waals surface area contributed by atoms with Gasteiger partial charge in [-0.25, -0.2) is 4.39 Å². The van der Waals surface area contributed by atoms with Crippen LogP contribution in [0, 0.1) is 12.7 Å². The Bertz CT molecular complexity index is 784. The van der Waals surface area contributed by atoms with Crippen LogP contribution in [0.3, 0.4) is 0 Å². The van der Waals surface area contributed by atoms with Crippen molar-refractivity contribution in [2.45, 2.75) is 24.3 Å². The summed E-state index contributed by atoms with van der Waals surface area (Å²) in [6, 6.07) is 11.1. The van der Waals surface area contributed by atoms with E-state index in [-0.39, 0.29) is 17.3 Å². The zero-order chi connectivity index (χ0) is 15.7. The Morgan fingerprint density at radius 2 is 1.95 bits per heavy atom. The minimum absolute atomic E-state index is 0.0970. The standard InChI is InChI=1S/C16H15FO4S/c1-11-5-7-14(8-6-11)22(18,19)20-10-13-9-12-3-2-4-15(17)16(12)21-13/h2-8,13H,9-10H2,1H3. The van der Waals surface area contributed by atoms with Crippen molar-refractivity contribution in [1.82, 2.24) is 0 Å². The van der Waals surface area contributed by atoms with E-state index in [0.29, 0.717) is 6.42 Å². The fraction of sp³-hybridized carbons (Fsp3) is 0.250. The number of benzene rings is 2. The summed E-state index contributed by atoms with van der Waals surface area (Å²) in [6.07, 6.45) is -0.0802. The third kappa shape index (κ3) is 2.98. The van der Waals surface area contributed by atoms with Crippen LogP contribution in [-0.4, -0.2) is 21.1 Å². The minimum Gasteiger partial charge on any atom is -0.484 e. The molecule has 0 fully saturated rings. The van der Waals surface area contributed by atoms with E-state index in [9.17, 15) is 12.8 Å². The Morgan fingerprint density at radius 1 is 1.23 bits per heavy atom. The van der Waals surface area contributed by atoms with Gasteiger partial charge in [0, 0.05) is 12.0 Å². The van der Waals surface area contributed by atoms with Crippen molar-refractivity contribution in [2.75, 3.05) is 6.61 Å². The van der Waals surface area contributed by atoms with Crippen LogP contribution in [-0.2, 0) is 20.7 Å². The topological polar surface area (TPSA) is 52.6 Å². The van der Waals surface area contributed by atoms with Gasteiger partial charge < -0.3 is 4.74 Å². The molecule has 0 saturated heterocycles. The Balaban J connectivity index is 1.67. The van der Waals surface area contributed by atoms with Crippen molar-refractivity contribution in [3.63, 3.8) is 0 Å². The first-order chi connectivity index (χ1) is 10.5. The third-order valence-corrected chi connectivity index (χ3v) is 4.80. The van der Waals surface area contributed by atoms with E-state index in [1.54, 1.807) is 24.3 Å². The number of aryl methyl sites for hydroxylation is 1. The lowest BCUT2D eigenvalue weighted by Crippen LogP contribution is -2.23. The van der Waals surface area contributed by atoms with Gasteiger partial charge in [0.1, 0.15) is 12.7 Å². The van der Waals surface area contributed by atoms with Crippen LogP contribution in [0.2, 0.25) is 0 Å². The summed E-state index contributed by atoms with van der Waals surface area (Å²) >= 11 is 0. The molecule has 0 amide bonds. The zero-order valence-electron chi connectivity index (χ0n) is 12.0. The number of para-hydroxylation sites is 1. The summed E-state index contributed by atoms with van der Waals surface area (Å²) in [5, 5.41) is 0. The molecule has 4 nitrogen and oxygen atoms in total. The summed E-state index contributed by atoms with van der Waals surface area (Å²) in [6.45, 7) is 1.72. The molecular weight excluding hydrogens is 307 g/mol. The van der Waals surface area contributed by atoms with E-state index in [1.807, 2.05) is 6.92 Å². The molecule has 1 atom stereocenters. The third-order valence-electron chi connectivity index (χ3n) is 3.50. The average Bonchev–Trinajstić information content (AvgIpc) is 2.90. The van der Waals surface area contributed by atoms with Gasteiger partial charge in [0.2, 0.25) is 0 Å². The fourth-order valence-corrected chi connectivity index (χ4v) is 3.27. The maximum atomic E-state index is 13.6. The highest BCUT2D eigenvalue weighted by molar-refractivity contribution is 7.86.